The van der Waals surface area contributed by atoms with E-state index in [1.54, 1.807) is 31.2 Å². The van der Waals surface area contributed by atoms with Crippen LogP contribution in [-0.2, 0) is 32.6 Å². The number of rotatable bonds is 12. The molecule has 2 amide bonds. The Morgan fingerprint density at radius 3 is 2.17 bits per heavy atom. The molecule has 7 nitrogen and oxygen atoms in total. The largest absolute Gasteiger partial charge is 0.352 e. The quantitative estimate of drug-likeness (QED) is 0.342. The molecule has 0 spiro atoms. The lowest BCUT2D eigenvalue weighted by Gasteiger charge is -2.34. The highest BCUT2D eigenvalue weighted by atomic mass is 32.2. The number of carbonyl (C=O) groups excluding carboxylic acids is 2. The number of anilines is 1. The number of halogens is 1. The predicted molar refractivity (Wildman–Crippen MR) is 157 cm³/mol. The van der Waals surface area contributed by atoms with Gasteiger partial charge in [0.25, 0.3) is 0 Å². The summed E-state index contributed by atoms with van der Waals surface area (Å²) < 4.78 is 40.7. The van der Waals surface area contributed by atoms with Crippen LogP contribution in [0.4, 0.5) is 10.1 Å². The number of amides is 2. The maximum atomic E-state index is 14.1. The highest BCUT2D eigenvalue weighted by Gasteiger charge is 2.33. The number of aryl methyl sites for hydroxylation is 1. The number of hydrogen-bond donors (Lipinski definition) is 1. The predicted octanol–water partition coefficient (Wildman–Crippen LogP) is 4.76. The molecule has 0 aromatic heterocycles. The molecule has 9 heteroatoms. The summed E-state index contributed by atoms with van der Waals surface area (Å²) in [5.74, 6) is -1.31. The van der Waals surface area contributed by atoms with E-state index >= 15 is 0 Å². The van der Waals surface area contributed by atoms with Gasteiger partial charge in [-0.2, -0.15) is 0 Å². The average Bonchev–Trinajstić information content (AvgIpc) is 2.91. The van der Waals surface area contributed by atoms with Crippen molar-refractivity contribution in [3.05, 3.63) is 101 Å². The third-order valence-electron chi connectivity index (χ3n) is 7.06. The number of hydrogen-bond acceptors (Lipinski definition) is 4. The van der Waals surface area contributed by atoms with Crippen molar-refractivity contribution >= 4 is 27.5 Å². The van der Waals surface area contributed by atoms with Crippen LogP contribution in [-0.4, -0.2) is 50.0 Å². The number of carbonyl (C=O) groups is 2. The van der Waals surface area contributed by atoms with Gasteiger partial charge in [-0.05, 0) is 67.6 Å². The zero-order valence-electron chi connectivity index (χ0n) is 23.7. The van der Waals surface area contributed by atoms with Crippen LogP contribution in [0, 0.1) is 19.7 Å². The van der Waals surface area contributed by atoms with Gasteiger partial charge in [-0.3, -0.25) is 13.9 Å². The molecular formula is C31H38FN3O4S. The molecule has 0 aliphatic carbocycles. The first-order valence-corrected chi connectivity index (χ1v) is 15.2. The Balaban J connectivity index is 2.08. The molecule has 0 bridgehead atoms. The van der Waals surface area contributed by atoms with Crippen LogP contribution in [0.3, 0.4) is 0 Å². The normalized spacial score (nSPS) is 12.8. The number of sulfonamides is 1. The van der Waals surface area contributed by atoms with E-state index in [2.05, 4.69) is 5.32 Å². The number of nitrogens with zero attached hydrogens (tertiary/aromatic N) is 2. The maximum absolute atomic E-state index is 14.1. The van der Waals surface area contributed by atoms with Gasteiger partial charge in [0.2, 0.25) is 21.8 Å². The molecule has 2 unspecified atom stereocenters. The molecule has 0 aliphatic rings. The minimum Gasteiger partial charge on any atom is -0.352 e. The molecule has 2 atom stereocenters. The van der Waals surface area contributed by atoms with Crippen molar-refractivity contribution in [3.63, 3.8) is 0 Å². The zero-order valence-corrected chi connectivity index (χ0v) is 24.5. The molecule has 1 N–H and O–H groups in total. The SMILES string of the molecule is CCC(C)NC(=O)C(Cc1ccccc1)N(Cc1ccc(F)cc1)C(=O)CN(c1cccc(C)c1C)S(C)(=O)=O. The van der Waals surface area contributed by atoms with Gasteiger partial charge in [0, 0.05) is 19.0 Å². The molecule has 40 heavy (non-hydrogen) atoms. The number of benzene rings is 3. The Labute approximate surface area is 237 Å². The van der Waals surface area contributed by atoms with E-state index in [4.69, 9.17) is 0 Å². The van der Waals surface area contributed by atoms with Crippen LogP contribution in [0.25, 0.3) is 0 Å². The minimum atomic E-state index is -3.86. The van der Waals surface area contributed by atoms with Crippen LogP contribution in [0.15, 0.2) is 72.8 Å². The molecule has 0 aliphatic heterocycles. The lowest BCUT2D eigenvalue weighted by Crippen LogP contribution is -2.54. The molecule has 0 saturated carbocycles. The van der Waals surface area contributed by atoms with Crippen LogP contribution in [0.1, 0.15) is 42.5 Å². The van der Waals surface area contributed by atoms with Crippen molar-refractivity contribution in [2.75, 3.05) is 17.1 Å². The Morgan fingerprint density at radius 1 is 0.925 bits per heavy atom. The Hall–Kier alpha value is -3.72. The van der Waals surface area contributed by atoms with Gasteiger partial charge in [-0.1, -0.05) is 61.5 Å². The first-order chi connectivity index (χ1) is 18.9. The van der Waals surface area contributed by atoms with E-state index in [-0.39, 0.29) is 24.9 Å². The van der Waals surface area contributed by atoms with Crippen LogP contribution in [0.2, 0.25) is 0 Å². The standard InChI is InChI=1S/C31H38FN3O4S/c1-6-23(3)33-31(37)29(19-25-12-8-7-9-13-25)34(20-26-15-17-27(32)18-16-26)30(36)21-35(40(5,38)39)28-14-10-11-22(2)24(28)4/h7-18,23,29H,6,19-21H2,1-5H3,(H,33,37). The topological polar surface area (TPSA) is 86.8 Å². The molecule has 214 valence electrons. The molecule has 3 aromatic carbocycles. The molecule has 0 fully saturated rings. The Morgan fingerprint density at radius 2 is 1.57 bits per heavy atom. The fraction of sp³-hybridized carbons (Fsp3) is 0.355. The smallest absolute Gasteiger partial charge is 0.244 e. The molecule has 3 aromatic rings. The monoisotopic (exact) mass is 567 g/mol. The van der Waals surface area contributed by atoms with Crippen molar-refractivity contribution in [2.24, 2.45) is 0 Å². The lowest BCUT2D eigenvalue weighted by atomic mass is 10.0. The maximum Gasteiger partial charge on any atom is 0.244 e. The first-order valence-electron chi connectivity index (χ1n) is 13.3. The third kappa shape index (κ3) is 8.14. The van der Waals surface area contributed by atoms with Crippen LogP contribution < -0.4 is 9.62 Å². The van der Waals surface area contributed by atoms with Gasteiger partial charge in [0.15, 0.2) is 0 Å². The fourth-order valence-corrected chi connectivity index (χ4v) is 5.28. The first kappa shape index (κ1) is 30.8. The van der Waals surface area contributed by atoms with Crippen LogP contribution >= 0.6 is 0 Å². The summed E-state index contributed by atoms with van der Waals surface area (Å²) in [6.07, 6.45) is 1.98. The second-order valence-electron chi connectivity index (χ2n) is 10.2. The van der Waals surface area contributed by atoms with E-state index in [1.807, 2.05) is 57.2 Å². The second kappa shape index (κ2) is 13.6. The van der Waals surface area contributed by atoms with Crippen molar-refractivity contribution in [2.45, 2.75) is 59.2 Å². The van der Waals surface area contributed by atoms with Gasteiger partial charge in [0.05, 0.1) is 11.9 Å². The van der Waals surface area contributed by atoms with E-state index in [9.17, 15) is 22.4 Å². The van der Waals surface area contributed by atoms with Crippen molar-refractivity contribution in [1.29, 1.82) is 0 Å². The molecule has 0 saturated heterocycles. The molecule has 0 radical (unpaired) electrons. The summed E-state index contributed by atoms with van der Waals surface area (Å²) in [6.45, 7) is 7.02. The van der Waals surface area contributed by atoms with Crippen molar-refractivity contribution in [1.82, 2.24) is 10.2 Å². The zero-order chi connectivity index (χ0) is 29.4. The van der Waals surface area contributed by atoms with E-state index in [0.29, 0.717) is 17.7 Å². The average molecular weight is 568 g/mol. The summed E-state index contributed by atoms with van der Waals surface area (Å²) in [7, 11) is -3.86. The van der Waals surface area contributed by atoms with Crippen molar-refractivity contribution < 1.29 is 22.4 Å². The van der Waals surface area contributed by atoms with Gasteiger partial charge in [-0.15, -0.1) is 0 Å². The van der Waals surface area contributed by atoms with E-state index < -0.39 is 34.3 Å². The van der Waals surface area contributed by atoms with Gasteiger partial charge in [0.1, 0.15) is 18.4 Å². The fourth-order valence-electron chi connectivity index (χ4n) is 4.38. The van der Waals surface area contributed by atoms with Crippen LogP contribution in [0.5, 0.6) is 0 Å². The lowest BCUT2D eigenvalue weighted by molar-refractivity contribution is -0.140. The second-order valence-corrected chi connectivity index (χ2v) is 12.1. The molecule has 3 rings (SSSR count). The highest BCUT2D eigenvalue weighted by Crippen LogP contribution is 2.26. The summed E-state index contributed by atoms with van der Waals surface area (Å²) in [5.41, 5.74) is 3.49. The third-order valence-corrected chi connectivity index (χ3v) is 8.19. The van der Waals surface area contributed by atoms with E-state index in [1.165, 1.54) is 17.0 Å². The Kier molecular flexibility index (Phi) is 10.5. The van der Waals surface area contributed by atoms with Crippen molar-refractivity contribution in [3.8, 4) is 0 Å². The Bertz CT molecular complexity index is 1410. The van der Waals surface area contributed by atoms with E-state index in [0.717, 1.165) is 27.3 Å². The summed E-state index contributed by atoms with van der Waals surface area (Å²) in [4.78, 5) is 29.2. The molecule has 0 heterocycles. The summed E-state index contributed by atoms with van der Waals surface area (Å²) in [5, 5.41) is 2.99. The molecular weight excluding hydrogens is 529 g/mol. The summed E-state index contributed by atoms with van der Waals surface area (Å²) >= 11 is 0. The van der Waals surface area contributed by atoms with Gasteiger partial charge >= 0.3 is 0 Å². The highest BCUT2D eigenvalue weighted by molar-refractivity contribution is 7.92. The van der Waals surface area contributed by atoms with Gasteiger partial charge in [-0.25, -0.2) is 12.8 Å². The number of nitrogens with one attached hydrogen (secondary N) is 1. The summed E-state index contributed by atoms with van der Waals surface area (Å²) in [6, 6.07) is 19.3. The van der Waals surface area contributed by atoms with Gasteiger partial charge < -0.3 is 10.2 Å². The minimum absolute atomic E-state index is 0.00502.